The lowest BCUT2D eigenvalue weighted by Crippen LogP contribution is -2.12. The van der Waals surface area contributed by atoms with Gasteiger partial charge in [0, 0.05) is 36.8 Å². The first-order valence-corrected chi connectivity index (χ1v) is 11.9. The van der Waals surface area contributed by atoms with Crippen LogP contribution in [0.2, 0.25) is 0 Å². The summed E-state index contributed by atoms with van der Waals surface area (Å²) >= 11 is 1.18. The van der Waals surface area contributed by atoms with Crippen LogP contribution in [0.5, 0.6) is 0 Å². The fourth-order valence-corrected chi connectivity index (χ4v) is 4.85. The number of rotatable bonds is 7. The topological polar surface area (TPSA) is 88.9 Å². The van der Waals surface area contributed by atoms with Crippen molar-refractivity contribution >= 4 is 38.0 Å². The molecule has 0 saturated carbocycles. The molecule has 0 radical (unpaired) electrons. The van der Waals surface area contributed by atoms with Crippen LogP contribution >= 0.6 is 11.3 Å². The average molecular weight is 494 g/mol. The Kier molecular flexibility index (Phi) is 6.13. The van der Waals surface area contributed by atoms with Crippen molar-refractivity contribution in [1.29, 1.82) is 0 Å². The molecule has 4 aromatic rings. The number of halogens is 3. The normalized spacial score (nSPS) is 12.0. The summed E-state index contributed by atoms with van der Waals surface area (Å²) in [6.07, 6.45) is -2.49. The van der Waals surface area contributed by atoms with Crippen LogP contribution < -0.4 is 10.0 Å². The van der Waals surface area contributed by atoms with Crippen LogP contribution in [0.4, 0.5) is 29.8 Å². The second-order valence-corrected chi connectivity index (χ2v) is 9.69. The summed E-state index contributed by atoms with van der Waals surface area (Å²) in [4.78, 5) is 4.01. The van der Waals surface area contributed by atoms with Crippen molar-refractivity contribution in [2.45, 2.75) is 17.5 Å². The average Bonchev–Trinajstić information content (AvgIpc) is 3.37. The molecule has 0 bridgehead atoms. The molecular formula is C21H18F3N5O2S2. The van der Waals surface area contributed by atoms with E-state index in [0.29, 0.717) is 29.2 Å². The predicted molar refractivity (Wildman–Crippen MR) is 120 cm³/mol. The molecule has 0 aliphatic heterocycles. The van der Waals surface area contributed by atoms with E-state index in [0.717, 1.165) is 12.1 Å². The second-order valence-electron chi connectivity index (χ2n) is 7.11. The lowest BCUT2D eigenvalue weighted by atomic mass is 10.1. The largest absolute Gasteiger partial charge is 0.416 e. The van der Waals surface area contributed by atoms with E-state index in [4.69, 9.17) is 0 Å². The number of hydrogen-bond donors (Lipinski definition) is 2. The van der Waals surface area contributed by atoms with Crippen molar-refractivity contribution < 1.29 is 21.6 Å². The minimum atomic E-state index is -4.37. The van der Waals surface area contributed by atoms with Crippen molar-refractivity contribution in [2.24, 2.45) is 7.05 Å². The van der Waals surface area contributed by atoms with E-state index in [1.165, 1.54) is 41.8 Å². The van der Waals surface area contributed by atoms with Gasteiger partial charge in [0.2, 0.25) is 0 Å². The number of aromatic nitrogens is 3. The number of benzene rings is 2. The Balaban J connectivity index is 1.43. The van der Waals surface area contributed by atoms with Gasteiger partial charge in [0.15, 0.2) is 5.13 Å². The second kappa shape index (κ2) is 8.87. The van der Waals surface area contributed by atoms with Gasteiger partial charge in [0.05, 0.1) is 16.2 Å². The molecule has 0 aliphatic rings. The van der Waals surface area contributed by atoms with Crippen LogP contribution in [-0.2, 0) is 29.7 Å². The van der Waals surface area contributed by atoms with Gasteiger partial charge in [-0.15, -0.1) is 11.3 Å². The number of anilines is 3. The maximum Gasteiger partial charge on any atom is 0.416 e. The summed E-state index contributed by atoms with van der Waals surface area (Å²) in [6, 6.07) is 12.9. The Morgan fingerprint density at radius 2 is 1.76 bits per heavy atom. The number of sulfonamides is 1. The Morgan fingerprint density at radius 3 is 2.36 bits per heavy atom. The van der Waals surface area contributed by atoms with Crippen LogP contribution in [0, 0.1) is 0 Å². The summed E-state index contributed by atoms with van der Waals surface area (Å²) in [6.45, 7) is 0. The highest BCUT2D eigenvalue weighted by atomic mass is 32.2. The molecule has 33 heavy (non-hydrogen) atoms. The van der Waals surface area contributed by atoms with Crippen LogP contribution in [0.25, 0.3) is 0 Å². The molecule has 172 valence electrons. The summed E-state index contributed by atoms with van der Waals surface area (Å²) in [5.74, 6) is 0.647. The summed E-state index contributed by atoms with van der Waals surface area (Å²) < 4.78 is 67.1. The van der Waals surface area contributed by atoms with Gasteiger partial charge in [0.1, 0.15) is 5.82 Å². The van der Waals surface area contributed by atoms with Gasteiger partial charge in [-0.2, -0.15) is 18.3 Å². The van der Waals surface area contributed by atoms with Gasteiger partial charge in [-0.05, 0) is 42.0 Å². The maximum atomic E-state index is 12.7. The quantitative estimate of drug-likeness (QED) is 0.377. The van der Waals surface area contributed by atoms with Gasteiger partial charge in [-0.1, -0.05) is 12.1 Å². The Bertz CT molecular complexity index is 1330. The van der Waals surface area contributed by atoms with Gasteiger partial charge in [-0.25, -0.2) is 13.4 Å². The Labute approximate surface area is 192 Å². The zero-order valence-electron chi connectivity index (χ0n) is 17.2. The maximum absolute atomic E-state index is 12.7. The number of thiazole rings is 1. The van der Waals surface area contributed by atoms with E-state index in [1.807, 2.05) is 0 Å². The summed E-state index contributed by atoms with van der Waals surface area (Å²) in [5.41, 5.74) is 1.33. The predicted octanol–water partition coefficient (Wildman–Crippen LogP) is 5.03. The third-order valence-corrected chi connectivity index (χ3v) is 6.86. The van der Waals surface area contributed by atoms with Crippen molar-refractivity contribution in [3.8, 4) is 0 Å². The molecule has 7 nitrogen and oxygen atoms in total. The van der Waals surface area contributed by atoms with Crippen molar-refractivity contribution in [2.75, 3.05) is 10.0 Å². The molecule has 0 amide bonds. The van der Waals surface area contributed by atoms with E-state index in [2.05, 4.69) is 20.1 Å². The molecule has 0 saturated heterocycles. The first-order valence-electron chi connectivity index (χ1n) is 9.59. The smallest absolute Gasteiger partial charge is 0.340 e. The Hall–Kier alpha value is -3.38. The van der Waals surface area contributed by atoms with Crippen molar-refractivity contribution in [3.63, 3.8) is 0 Å². The molecule has 2 aromatic heterocycles. The molecule has 0 atom stereocenters. The summed E-state index contributed by atoms with van der Waals surface area (Å²) in [5, 5.41) is 9.51. The molecule has 2 N–H and O–H groups in total. The first-order chi connectivity index (χ1) is 15.6. The number of alkyl halides is 3. The molecular weight excluding hydrogens is 475 g/mol. The minimum Gasteiger partial charge on any atom is -0.340 e. The van der Waals surface area contributed by atoms with Crippen molar-refractivity contribution in [1.82, 2.24) is 14.8 Å². The van der Waals surface area contributed by atoms with Crippen LogP contribution in [0.3, 0.4) is 0 Å². The number of nitrogens with one attached hydrogen (secondary N) is 2. The number of aryl methyl sites for hydroxylation is 1. The van der Waals surface area contributed by atoms with E-state index < -0.39 is 21.8 Å². The monoisotopic (exact) mass is 493 g/mol. The molecule has 0 fully saturated rings. The zero-order chi connectivity index (χ0) is 23.6. The fraction of sp³-hybridized carbons (Fsp3) is 0.143. The lowest BCUT2D eigenvalue weighted by Gasteiger charge is -2.08. The molecule has 12 heteroatoms. The SMILES string of the molecule is Cn1nc(Cc2ccc(C(F)(F)F)cc2)cc1Nc1ccc(S(=O)(=O)Nc2nccs2)cc1. The Morgan fingerprint density at radius 1 is 1.06 bits per heavy atom. The zero-order valence-corrected chi connectivity index (χ0v) is 18.8. The number of hydrogen-bond acceptors (Lipinski definition) is 6. The third kappa shape index (κ3) is 5.52. The van der Waals surface area contributed by atoms with E-state index >= 15 is 0 Å². The van der Waals surface area contributed by atoms with E-state index in [1.54, 1.807) is 35.3 Å². The lowest BCUT2D eigenvalue weighted by molar-refractivity contribution is -0.137. The highest BCUT2D eigenvalue weighted by Crippen LogP contribution is 2.29. The van der Waals surface area contributed by atoms with Crippen molar-refractivity contribution in [3.05, 3.63) is 83.0 Å². The third-order valence-electron chi connectivity index (χ3n) is 4.69. The fourth-order valence-electron chi connectivity index (χ4n) is 3.06. The molecule has 0 unspecified atom stereocenters. The number of nitrogens with zero attached hydrogens (tertiary/aromatic N) is 3. The molecule has 0 spiro atoms. The first kappa shape index (κ1) is 22.8. The van der Waals surface area contributed by atoms with Crippen LogP contribution in [0.1, 0.15) is 16.8 Å². The standard InChI is InChI=1S/C21H18F3N5O2S2/c1-29-19(13-17(27-29)12-14-2-4-15(5-3-14)21(22,23)24)26-16-6-8-18(9-7-16)33(30,31)28-20-25-10-11-32-20/h2-11,13,26H,12H2,1H3,(H,25,28). The molecule has 4 rings (SSSR count). The summed E-state index contributed by atoms with van der Waals surface area (Å²) in [7, 11) is -2.01. The molecule has 0 aliphatic carbocycles. The van der Waals surface area contributed by atoms with Gasteiger partial charge in [-0.3, -0.25) is 9.40 Å². The van der Waals surface area contributed by atoms with E-state index in [-0.39, 0.29) is 10.0 Å². The molecule has 2 aromatic carbocycles. The van der Waals surface area contributed by atoms with Gasteiger partial charge < -0.3 is 5.32 Å². The van der Waals surface area contributed by atoms with Crippen LogP contribution in [0.15, 0.2) is 71.1 Å². The molecule has 2 heterocycles. The van der Waals surface area contributed by atoms with Gasteiger partial charge >= 0.3 is 6.18 Å². The highest BCUT2D eigenvalue weighted by molar-refractivity contribution is 7.93. The highest BCUT2D eigenvalue weighted by Gasteiger charge is 2.29. The van der Waals surface area contributed by atoms with Crippen LogP contribution in [-0.4, -0.2) is 23.2 Å². The van der Waals surface area contributed by atoms with Gasteiger partial charge in [0.25, 0.3) is 10.0 Å². The minimum absolute atomic E-state index is 0.0937. The van der Waals surface area contributed by atoms with E-state index in [9.17, 15) is 21.6 Å².